The molecule has 4 nitrogen and oxygen atoms in total. The van der Waals surface area contributed by atoms with Gasteiger partial charge < -0.3 is 4.18 Å². The monoisotopic (exact) mass is 366 g/mol. The predicted octanol–water partition coefficient (Wildman–Crippen LogP) is 2.97. The molecular formula is C15H11BrO4S. The molecule has 108 valence electrons. The van der Waals surface area contributed by atoms with Gasteiger partial charge in [-0.05, 0) is 23.8 Å². The van der Waals surface area contributed by atoms with Crippen LogP contribution in [-0.2, 0) is 16.5 Å². The van der Waals surface area contributed by atoms with Crippen molar-refractivity contribution in [3.8, 4) is 5.75 Å². The van der Waals surface area contributed by atoms with Crippen LogP contribution in [0.2, 0.25) is 0 Å². The van der Waals surface area contributed by atoms with Gasteiger partial charge in [0.2, 0.25) is 0 Å². The predicted molar refractivity (Wildman–Crippen MR) is 82.0 cm³/mol. The van der Waals surface area contributed by atoms with Crippen LogP contribution in [0.1, 0.15) is 15.9 Å². The second-order valence-corrected chi connectivity index (χ2v) is 7.40. The number of hydrogen-bond acceptors (Lipinski definition) is 4. The van der Waals surface area contributed by atoms with E-state index in [1.54, 1.807) is 36.4 Å². The molecule has 1 heterocycles. The number of halogens is 1. The van der Waals surface area contributed by atoms with Crippen LogP contribution in [0.3, 0.4) is 0 Å². The van der Waals surface area contributed by atoms with E-state index in [1.807, 2.05) is 6.07 Å². The van der Waals surface area contributed by atoms with Crippen molar-refractivity contribution in [3.05, 3.63) is 64.1 Å². The van der Waals surface area contributed by atoms with E-state index >= 15 is 0 Å². The zero-order valence-corrected chi connectivity index (χ0v) is 13.2. The molecule has 2 aromatic carbocycles. The summed E-state index contributed by atoms with van der Waals surface area (Å²) < 4.78 is 30.1. The molecule has 1 aliphatic rings. The molecule has 0 spiro atoms. The van der Waals surface area contributed by atoms with E-state index in [4.69, 9.17) is 4.18 Å². The van der Waals surface area contributed by atoms with Gasteiger partial charge in [-0.2, -0.15) is 8.42 Å². The number of Topliss-reactive ketones (excluding diaryl/α,β-unsaturated/α-hetero) is 1. The Morgan fingerprint density at radius 1 is 1.10 bits per heavy atom. The fourth-order valence-corrected chi connectivity index (χ4v) is 3.94. The third-order valence-electron chi connectivity index (χ3n) is 3.32. The minimum absolute atomic E-state index is 0.0903. The van der Waals surface area contributed by atoms with Crippen LogP contribution >= 0.6 is 15.9 Å². The Balaban J connectivity index is 2.03. The SMILES string of the molecule is O=C1c2cc(Br)ccc2OS(=O)(=O)C1Cc1ccccc1. The lowest BCUT2D eigenvalue weighted by Gasteiger charge is -2.23. The lowest BCUT2D eigenvalue weighted by molar-refractivity contribution is 0.0976. The number of ketones is 1. The van der Waals surface area contributed by atoms with Crippen molar-refractivity contribution < 1.29 is 17.4 Å². The van der Waals surface area contributed by atoms with Crippen molar-refractivity contribution in [1.29, 1.82) is 0 Å². The van der Waals surface area contributed by atoms with Gasteiger partial charge in [0.05, 0.1) is 5.56 Å². The Morgan fingerprint density at radius 3 is 2.52 bits per heavy atom. The van der Waals surface area contributed by atoms with E-state index in [-0.39, 0.29) is 12.2 Å². The molecule has 1 aliphatic heterocycles. The van der Waals surface area contributed by atoms with Crippen molar-refractivity contribution >= 4 is 31.8 Å². The van der Waals surface area contributed by atoms with Crippen LogP contribution in [0.5, 0.6) is 5.75 Å². The molecular weight excluding hydrogens is 356 g/mol. The largest absolute Gasteiger partial charge is 0.381 e. The molecule has 0 N–H and O–H groups in total. The summed E-state index contributed by atoms with van der Waals surface area (Å²) in [6, 6.07) is 13.7. The third-order valence-corrected chi connectivity index (χ3v) is 5.30. The van der Waals surface area contributed by atoms with Crippen molar-refractivity contribution in [3.63, 3.8) is 0 Å². The fraction of sp³-hybridized carbons (Fsp3) is 0.133. The first kappa shape index (κ1) is 14.3. The number of rotatable bonds is 2. The zero-order valence-electron chi connectivity index (χ0n) is 10.8. The molecule has 0 bridgehead atoms. The highest BCUT2D eigenvalue weighted by molar-refractivity contribution is 9.10. The molecule has 0 amide bonds. The van der Waals surface area contributed by atoms with Gasteiger partial charge in [-0.3, -0.25) is 4.79 Å². The summed E-state index contributed by atoms with van der Waals surface area (Å²) in [5.41, 5.74) is 1.07. The highest BCUT2D eigenvalue weighted by atomic mass is 79.9. The standard InChI is InChI=1S/C15H11BrO4S/c16-11-6-7-13-12(9-11)15(17)14(21(18,19)20-13)8-10-4-2-1-3-5-10/h1-7,9,14H,8H2. The third kappa shape index (κ3) is 2.73. The van der Waals surface area contributed by atoms with Gasteiger partial charge in [-0.25, -0.2) is 0 Å². The minimum atomic E-state index is -3.96. The molecule has 0 saturated heterocycles. The molecule has 0 radical (unpaired) electrons. The van der Waals surface area contributed by atoms with Gasteiger partial charge in [0.15, 0.2) is 16.8 Å². The van der Waals surface area contributed by atoms with E-state index in [1.165, 1.54) is 6.07 Å². The summed E-state index contributed by atoms with van der Waals surface area (Å²) in [6.07, 6.45) is 0.105. The second-order valence-electron chi connectivity index (χ2n) is 4.76. The summed E-state index contributed by atoms with van der Waals surface area (Å²) in [4.78, 5) is 12.5. The number of fused-ring (bicyclic) bond motifs is 1. The lowest BCUT2D eigenvalue weighted by Crippen LogP contribution is -2.39. The molecule has 1 unspecified atom stereocenters. The quantitative estimate of drug-likeness (QED) is 0.766. The molecule has 3 rings (SSSR count). The molecule has 2 aromatic rings. The van der Waals surface area contributed by atoms with Crippen LogP contribution in [0.15, 0.2) is 53.0 Å². The molecule has 6 heteroatoms. The maximum atomic E-state index is 12.5. The summed E-state index contributed by atoms with van der Waals surface area (Å²) in [5.74, 6) is -0.339. The highest BCUT2D eigenvalue weighted by Gasteiger charge is 2.41. The van der Waals surface area contributed by atoms with Gasteiger partial charge in [0, 0.05) is 10.9 Å². The summed E-state index contributed by atoms with van der Waals surface area (Å²) in [6.45, 7) is 0. The summed E-state index contributed by atoms with van der Waals surface area (Å²) in [5, 5.41) is -1.21. The molecule has 0 fully saturated rings. The van der Waals surface area contributed by atoms with Gasteiger partial charge in [0.25, 0.3) is 0 Å². The van der Waals surface area contributed by atoms with Crippen molar-refractivity contribution in [2.45, 2.75) is 11.7 Å². The minimum Gasteiger partial charge on any atom is -0.381 e. The first-order valence-electron chi connectivity index (χ1n) is 6.28. The number of carbonyl (C=O) groups is 1. The maximum Gasteiger partial charge on any atom is 0.320 e. The zero-order chi connectivity index (χ0) is 15.0. The van der Waals surface area contributed by atoms with E-state index < -0.39 is 21.2 Å². The summed E-state index contributed by atoms with van der Waals surface area (Å²) >= 11 is 3.28. The van der Waals surface area contributed by atoms with Crippen LogP contribution in [0.25, 0.3) is 0 Å². The fourth-order valence-electron chi connectivity index (χ4n) is 2.28. The Labute approximate surface area is 131 Å². The molecule has 0 saturated carbocycles. The number of benzene rings is 2. The number of hydrogen-bond donors (Lipinski definition) is 0. The Kier molecular flexibility index (Phi) is 3.59. The van der Waals surface area contributed by atoms with Crippen molar-refractivity contribution in [2.24, 2.45) is 0 Å². The van der Waals surface area contributed by atoms with E-state index in [2.05, 4.69) is 15.9 Å². The second kappa shape index (κ2) is 5.27. The molecule has 0 aromatic heterocycles. The Hall–Kier alpha value is -1.66. The topological polar surface area (TPSA) is 60.4 Å². The average molecular weight is 367 g/mol. The first-order valence-corrected chi connectivity index (χ1v) is 8.55. The van der Waals surface area contributed by atoms with E-state index in [0.717, 1.165) is 5.56 Å². The summed E-state index contributed by atoms with van der Waals surface area (Å²) in [7, 11) is -3.96. The normalized spacial score (nSPS) is 19.7. The van der Waals surface area contributed by atoms with Crippen molar-refractivity contribution in [2.75, 3.05) is 0 Å². The van der Waals surface area contributed by atoms with Crippen molar-refractivity contribution in [1.82, 2.24) is 0 Å². The van der Waals surface area contributed by atoms with Gasteiger partial charge in [-0.15, -0.1) is 0 Å². The average Bonchev–Trinajstić information content (AvgIpc) is 2.45. The molecule has 0 aliphatic carbocycles. The first-order chi connectivity index (χ1) is 9.97. The van der Waals surface area contributed by atoms with E-state index in [9.17, 15) is 13.2 Å². The Bertz CT molecular complexity index is 800. The van der Waals surface area contributed by atoms with Crippen LogP contribution in [0.4, 0.5) is 0 Å². The Morgan fingerprint density at radius 2 is 1.81 bits per heavy atom. The number of carbonyl (C=O) groups excluding carboxylic acids is 1. The van der Waals surface area contributed by atoms with Gasteiger partial charge >= 0.3 is 10.1 Å². The highest BCUT2D eigenvalue weighted by Crippen LogP contribution is 2.33. The van der Waals surface area contributed by atoms with Crippen LogP contribution < -0.4 is 4.18 Å². The molecule has 21 heavy (non-hydrogen) atoms. The van der Waals surface area contributed by atoms with Crippen LogP contribution in [-0.4, -0.2) is 19.5 Å². The molecule has 1 atom stereocenters. The smallest absolute Gasteiger partial charge is 0.320 e. The lowest BCUT2D eigenvalue weighted by atomic mass is 10.0. The van der Waals surface area contributed by atoms with Crippen LogP contribution in [0, 0.1) is 0 Å². The van der Waals surface area contributed by atoms with Gasteiger partial charge in [0.1, 0.15) is 0 Å². The van der Waals surface area contributed by atoms with E-state index in [0.29, 0.717) is 10.0 Å². The maximum absolute atomic E-state index is 12.5. The van der Waals surface area contributed by atoms with Gasteiger partial charge in [-0.1, -0.05) is 46.3 Å².